The molecule has 2 heterocycles. The first-order chi connectivity index (χ1) is 12.7. The lowest BCUT2D eigenvalue weighted by atomic mass is 9.66. The summed E-state index contributed by atoms with van der Waals surface area (Å²) in [6, 6.07) is 12.3. The van der Waals surface area contributed by atoms with Gasteiger partial charge < -0.3 is 5.73 Å². The van der Waals surface area contributed by atoms with Crippen molar-refractivity contribution in [1.29, 1.82) is 0 Å². The third-order valence-corrected chi connectivity index (χ3v) is 5.86. The Morgan fingerprint density at radius 1 is 1.12 bits per heavy atom. The van der Waals surface area contributed by atoms with Crippen LogP contribution >= 0.6 is 0 Å². The molecule has 1 fully saturated rings. The smallest absolute Gasteiger partial charge is 0.155 e. The lowest BCUT2D eigenvalue weighted by Crippen LogP contribution is -2.52. The highest BCUT2D eigenvalue weighted by molar-refractivity contribution is 5.84. The van der Waals surface area contributed by atoms with Crippen LogP contribution in [0.2, 0.25) is 0 Å². The summed E-state index contributed by atoms with van der Waals surface area (Å²) in [5, 5.41) is 4.35. The summed E-state index contributed by atoms with van der Waals surface area (Å²) in [4.78, 5) is 4.91. The molecule has 4 heteroatoms. The van der Waals surface area contributed by atoms with Crippen LogP contribution in [-0.4, -0.2) is 20.1 Å². The third kappa shape index (κ3) is 2.49. The third-order valence-electron chi connectivity index (χ3n) is 5.86. The highest BCUT2D eigenvalue weighted by Gasteiger charge is 2.39. The van der Waals surface area contributed by atoms with Crippen molar-refractivity contribution in [3.8, 4) is 11.1 Å². The Labute approximate surface area is 153 Å². The van der Waals surface area contributed by atoms with Crippen molar-refractivity contribution < 1.29 is 0 Å². The van der Waals surface area contributed by atoms with Crippen LogP contribution in [0.3, 0.4) is 0 Å². The second kappa shape index (κ2) is 5.92. The standard InChI is InChI=1S/C22H22N4/c23-22(12-4-13-22)18-9-7-17(8-10-18)21-19(16-5-2-1-3-6-16)15-26-20(25-21)11-14-24-26/h1-3,5-9,11,14-15,18H,4,10,12-13,23H2. The van der Waals surface area contributed by atoms with Crippen molar-refractivity contribution in [2.45, 2.75) is 31.2 Å². The molecule has 1 aromatic carbocycles. The average Bonchev–Trinajstić information content (AvgIpc) is 3.13. The van der Waals surface area contributed by atoms with Gasteiger partial charge in [0, 0.05) is 23.4 Å². The molecular weight excluding hydrogens is 320 g/mol. The quantitative estimate of drug-likeness (QED) is 0.774. The summed E-state index contributed by atoms with van der Waals surface area (Å²) < 4.78 is 1.84. The summed E-state index contributed by atoms with van der Waals surface area (Å²) in [5.41, 5.74) is 11.8. The van der Waals surface area contributed by atoms with Crippen molar-refractivity contribution in [2.24, 2.45) is 11.7 Å². The highest BCUT2D eigenvalue weighted by Crippen LogP contribution is 2.41. The van der Waals surface area contributed by atoms with E-state index in [1.165, 1.54) is 12.0 Å². The minimum absolute atomic E-state index is 0.00359. The summed E-state index contributed by atoms with van der Waals surface area (Å²) in [6.07, 6.45) is 15.2. The van der Waals surface area contributed by atoms with Crippen molar-refractivity contribution in [1.82, 2.24) is 14.6 Å². The highest BCUT2D eigenvalue weighted by atomic mass is 15.2. The fourth-order valence-electron chi connectivity index (χ4n) is 4.08. The average molecular weight is 342 g/mol. The predicted octanol–water partition coefficient (Wildman–Crippen LogP) is 4.24. The lowest BCUT2D eigenvalue weighted by molar-refractivity contribution is 0.183. The van der Waals surface area contributed by atoms with E-state index < -0.39 is 0 Å². The van der Waals surface area contributed by atoms with E-state index in [-0.39, 0.29) is 5.54 Å². The van der Waals surface area contributed by atoms with Gasteiger partial charge in [0.05, 0.1) is 11.9 Å². The van der Waals surface area contributed by atoms with Gasteiger partial charge in [-0.25, -0.2) is 9.50 Å². The van der Waals surface area contributed by atoms with Gasteiger partial charge in [0.1, 0.15) is 0 Å². The lowest BCUT2D eigenvalue weighted by Gasteiger charge is -2.44. The van der Waals surface area contributed by atoms with Crippen molar-refractivity contribution >= 4 is 11.2 Å². The molecule has 2 aliphatic rings. The Morgan fingerprint density at radius 2 is 1.96 bits per heavy atom. The van der Waals surface area contributed by atoms with Gasteiger partial charge in [-0.1, -0.05) is 48.6 Å². The van der Waals surface area contributed by atoms with Gasteiger partial charge in [0.25, 0.3) is 0 Å². The van der Waals surface area contributed by atoms with Gasteiger partial charge in [-0.2, -0.15) is 5.10 Å². The number of nitrogens with two attached hydrogens (primary N) is 1. The number of fused-ring (bicyclic) bond motifs is 1. The van der Waals surface area contributed by atoms with Crippen LogP contribution in [0.1, 0.15) is 31.4 Å². The number of nitrogens with zero attached hydrogens (tertiary/aromatic N) is 3. The summed E-state index contributed by atoms with van der Waals surface area (Å²) in [6.45, 7) is 0. The van der Waals surface area contributed by atoms with Gasteiger partial charge in [0.15, 0.2) is 5.65 Å². The van der Waals surface area contributed by atoms with Gasteiger partial charge in [0.2, 0.25) is 0 Å². The van der Waals surface area contributed by atoms with Crippen LogP contribution in [-0.2, 0) is 0 Å². The van der Waals surface area contributed by atoms with Crippen molar-refractivity contribution in [2.75, 3.05) is 0 Å². The molecule has 4 nitrogen and oxygen atoms in total. The zero-order chi connectivity index (χ0) is 17.6. The van der Waals surface area contributed by atoms with E-state index in [0.29, 0.717) is 5.92 Å². The molecule has 2 aromatic heterocycles. The summed E-state index contributed by atoms with van der Waals surface area (Å²) in [7, 11) is 0. The maximum Gasteiger partial charge on any atom is 0.155 e. The second-order valence-electron chi connectivity index (χ2n) is 7.45. The molecule has 0 amide bonds. The topological polar surface area (TPSA) is 56.2 Å². The van der Waals surface area contributed by atoms with Gasteiger partial charge >= 0.3 is 0 Å². The fraction of sp³-hybridized carbons (Fsp3) is 0.273. The molecule has 0 saturated heterocycles. The first-order valence-corrected chi connectivity index (χ1v) is 9.30. The van der Waals surface area contributed by atoms with Crippen LogP contribution in [0.25, 0.3) is 22.3 Å². The molecule has 130 valence electrons. The normalized spacial score (nSPS) is 21.4. The Morgan fingerprint density at radius 3 is 2.65 bits per heavy atom. The molecule has 0 radical (unpaired) electrons. The van der Waals surface area contributed by atoms with Crippen LogP contribution in [0, 0.1) is 5.92 Å². The molecule has 1 atom stereocenters. The molecule has 0 bridgehead atoms. The minimum atomic E-state index is 0.00359. The summed E-state index contributed by atoms with van der Waals surface area (Å²) in [5.74, 6) is 0.443. The monoisotopic (exact) mass is 342 g/mol. The Balaban J connectivity index is 1.57. The van der Waals surface area contributed by atoms with E-state index in [1.54, 1.807) is 6.20 Å². The number of benzene rings is 1. The summed E-state index contributed by atoms with van der Waals surface area (Å²) >= 11 is 0. The number of hydrogen-bond acceptors (Lipinski definition) is 3. The van der Waals surface area contributed by atoms with Crippen molar-refractivity contribution in [3.63, 3.8) is 0 Å². The zero-order valence-electron chi connectivity index (χ0n) is 14.7. The molecule has 26 heavy (non-hydrogen) atoms. The van der Waals surface area contributed by atoms with Crippen molar-refractivity contribution in [3.05, 3.63) is 72.7 Å². The van der Waals surface area contributed by atoms with E-state index >= 15 is 0 Å². The first-order valence-electron chi connectivity index (χ1n) is 9.30. The van der Waals surface area contributed by atoms with Gasteiger partial charge in [-0.3, -0.25) is 0 Å². The van der Waals surface area contributed by atoms with E-state index in [0.717, 1.165) is 41.7 Å². The Bertz CT molecular complexity index is 1010. The molecule has 0 aliphatic heterocycles. The number of hydrogen-bond donors (Lipinski definition) is 1. The molecule has 3 aromatic rings. The largest absolute Gasteiger partial charge is 0.325 e. The SMILES string of the molecule is NC1(C2C=CC(c3nc4ccnn4cc3-c3ccccc3)=CC2)CCC1. The van der Waals surface area contributed by atoms with Gasteiger partial charge in [-0.15, -0.1) is 0 Å². The van der Waals surface area contributed by atoms with Crippen LogP contribution < -0.4 is 5.73 Å². The maximum absolute atomic E-state index is 6.54. The molecule has 5 rings (SSSR count). The van der Waals surface area contributed by atoms with Crippen LogP contribution in [0.15, 0.2) is 67.0 Å². The second-order valence-corrected chi connectivity index (χ2v) is 7.45. The first kappa shape index (κ1) is 15.5. The molecule has 0 spiro atoms. The molecule has 2 N–H and O–H groups in total. The van der Waals surface area contributed by atoms with E-state index in [2.05, 4.69) is 53.8 Å². The Hall–Kier alpha value is -2.72. The Kier molecular flexibility index (Phi) is 3.54. The molecular formula is C22H22N4. The zero-order valence-corrected chi connectivity index (χ0v) is 14.7. The van der Waals surface area contributed by atoms with Gasteiger partial charge in [-0.05, 0) is 42.7 Å². The minimum Gasteiger partial charge on any atom is -0.325 e. The fourth-order valence-corrected chi connectivity index (χ4v) is 4.08. The van der Waals surface area contributed by atoms with Crippen LogP contribution in [0.4, 0.5) is 0 Å². The number of rotatable bonds is 3. The van der Waals surface area contributed by atoms with Crippen LogP contribution in [0.5, 0.6) is 0 Å². The maximum atomic E-state index is 6.54. The molecule has 1 saturated carbocycles. The van der Waals surface area contributed by atoms with E-state index in [4.69, 9.17) is 10.7 Å². The number of allylic oxidation sites excluding steroid dienone is 3. The number of aromatic nitrogens is 3. The molecule has 2 aliphatic carbocycles. The van der Waals surface area contributed by atoms with E-state index in [1.807, 2.05) is 16.6 Å². The van der Waals surface area contributed by atoms with E-state index in [9.17, 15) is 0 Å². The molecule has 1 unspecified atom stereocenters. The predicted molar refractivity (Wildman–Crippen MR) is 104 cm³/mol.